The number of aryl methyl sites for hydroxylation is 1. The fraction of sp³-hybridized carbons (Fsp3) is 0.368. The molecule has 0 radical (unpaired) electrons. The Hall–Kier alpha value is -1.87. The maximum Gasteiger partial charge on any atom is 0.123 e. The van der Waals surface area contributed by atoms with E-state index in [9.17, 15) is 4.39 Å². The van der Waals surface area contributed by atoms with E-state index in [0.717, 1.165) is 30.6 Å². The molecule has 1 unspecified atom stereocenters. The molecule has 118 valence electrons. The van der Waals surface area contributed by atoms with Crippen LogP contribution in [0.5, 0.6) is 5.75 Å². The first-order valence-corrected chi connectivity index (χ1v) is 7.90. The molecule has 1 atom stereocenters. The van der Waals surface area contributed by atoms with Gasteiger partial charge in [-0.1, -0.05) is 37.3 Å². The zero-order valence-electron chi connectivity index (χ0n) is 13.1. The lowest BCUT2D eigenvalue weighted by molar-refractivity contribution is 0.299. The van der Waals surface area contributed by atoms with Gasteiger partial charge in [0.1, 0.15) is 11.6 Å². The molecule has 0 aliphatic carbocycles. The molecule has 0 saturated heterocycles. The Bertz CT molecular complexity index is 585. The van der Waals surface area contributed by atoms with E-state index >= 15 is 0 Å². The molecule has 2 rings (SSSR count). The lowest BCUT2D eigenvalue weighted by atomic mass is 9.94. The largest absolute Gasteiger partial charge is 0.493 e. The second kappa shape index (κ2) is 8.54. The summed E-state index contributed by atoms with van der Waals surface area (Å²) in [4.78, 5) is 0. The first-order chi connectivity index (χ1) is 10.7. The van der Waals surface area contributed by atoms with Crippen molar-refractivity contribution >= 4 is 0 Å². The summed E-state index contributed by atoms with van der Waals surface area (Å²) in [5.74, 6) is 0.935. The standard InChI is InChI=1S/C19H24FNO/c1-2-15-7-3-4-11-19(15)22-12-6-9-17(14-21)16-8-5-10-18(20)13-16/h3-5,7-8,10-11,13,17H,2,6,9,12,14,21H2,1H3. The number of rotatable bonds is 8. The average Bonchev–Trinajstić information content (AvgIpc) is 2.55. The van der Waals surface area contributed by atoms with Crippen LogP contribution in [0.3, 0.4) is 0 Å². The summed E-state index contributed by atoms with van der Waals surface area (Å²) in [6.07, 6.45) is 2.76. The van der Waals surface area contributed by atoms with Crippen molar-refractivity contribution in [1.29, 1.82) is 0 Å². The van der Waals surface area contributed by atoms with E-state index in [0.29, 0.717) is 13.2 Å². The molecular weight excluding hydrogens is 277 g/mol. The van der Waals surface area contributed by atoms with Crippen LogP contribution in [0.2, 0.25) is 0 Å². The summed E-state index contributed by atoms with van der Waals surface area (Å²) in [6, 6.07) is 14.8. The van der Waals surface area contributed by atoms with Gasteiger partial charge in [-0.25, -0.2) is 4.39 Å². The molecule has 2 N–H and O–H groups in total. The molecule has 0 aromatic heterocycles. The van der Waals surface area contributed by atoms with Crippen LogP contribution in [0.25, 0.3) is 0 Å². The lowest BCUT2D eigenvalue weighted by Gasteiger charge is -2.16. The molecule has 2 aromatic rings. The minimum atomic E-state index is -0.205. The predicted octanol–water partition coefficient (Wildman–Crippen LogP) is 4.29. The minimum Gasteiger partial charge on any atom is -0.493 e. The first-order valence-electron chi connectivity index (χ1n) is 7.90. The fourth-order valence-electron chi connectivity index (χ4n) is 2.63. The first kappa shape index (κ1) is 16.5. The Balaban J connectivity index is 1.84. The van der Waals surface area contributed by atoms with Crippen LogP contribution in [0, 0.1) is 5.82 Å². The second-order valence-corrected chi connectivity index (χ2v) is 5.44. The number of hydrogen-bond donors (Lipinski definition) is 1. The highest BCUT2D eigenvalue weighted by molar-refractivity contribution is 5.33. The molecule has 0 aliphatic heterocycles. The number of ether oxygens (including phenoxy) is 1. The minimum absolute atomic E-state index is 0.181. The van der Waals surface area contributed by atoms with Gasteiger partial charge in [-0.3, -0.25) is 0 Å². The van der Waals surface area contributed by atoms with Crippen molar-refractivity contribution in [1.82, 2.24) is 0 Å². The van der Waals surface area contributed by atoms with Gasteiger partial charge in [0, 0.05) is 0 Å². The smallest absolute Gasteiger partial charge is 0.123 e. The summed E-state index contributed by atoms with van der Waals surface area (Å²) in [5, 5.41) is 0. The van der Waals surface area contributed by atoms with Gasteiger partial charge in [-0.05, 0) is 61.1 Å². The van der Waals surface area contributed by atoms with Crippen molar-refractivity contribution in [3.05, 3.63) is 65.5 Å². The normalized spacial score (nSPS) is 12.1. The van der Waals surface area contributed by atoms with Gasteiger partial charge in [-0.15, -0.1) is 0 Å². The monoisotopic (exact) mass is 301 g/mol. The number of benzene rings is 2. The van der Waals surface area contributed by atoms with Crippen molar-refractivity contribution in [2.45, 2.75) is 32.1 Å². The van der Waals surface area contributed by atoms with E-state index in [2.05, 4.69) is 13.0 Å². The Morgan fingerprint density at radius 3 is 2.68 bits per heavy atom. The van der Waals surface area contributed by atoms with E-state index in [-0.39, 0.29) is 11.7 Å². The molecule has 0 spiro atoms. The van der Waals surface area contributed by atoms with Gasteiger partial charge in [-0.2, -0.15) is 0 Å². The van der Waals surface area contributed by atoms with Gasteiger partial charge in [0.05, 0.1) is 6.61 Å². The van der Waals surface area contributed by atoms with Crippen LogP contribution < -0.4 is 10.5 Å². The summed E-state index contributed by atoms with van der Waals surface area (Å²) >= 11 is 0. The Labute approximate surface area is 132 Å². The van der Waals surface area contributed by atoms with Crippen LogP contribution >= 0.6 is 0 Å². The molecule has 0 bridgehead atoms. The van der Waals surface area contributed by atoms with Gasteiger partial charge in [0.2, 0.25) is 0 Å². The molecular formula is C19H24FNO. The molecule has 22 heavy (non-hydrogen) atoms. The van der Waals surface area contributed by atoms with E-state index in [1.807, 2.05) is 24.3 Å². The van der Waals surface area contributed by atoms with E-state index in [4.69, 9.17) is 10.5 Å². The number of halogens is 1. The SMILES string of the molecule is CCc1ccccc1OCCCC(CN)c1cccc(F)c1. The highest BCUT2D eigenvalue weighted by Gasteiger charge is 2.10. The third-order valence-electron chi connectivity index (χ3n) is 3.91. The summed E-state index contributed by atoms with van der Waals surface area (Å²) in [6.45, 7) is 3.30. The Morgan fingerprint density at radius 2 is 1.95 bits per heavy atom. The predicted molar refractivity (Wildman–Crippen MR) is 88.7 cm³/mol. The zero-order valence-corrected chi connectivity index (χ0v) is 13.1. The zero-order chi connectivity index (χ0) is 15.8. The number of para-hydroxylation sites is 1. The van der Waals surface area contributed by atoms with Crippen molar-refractivity contribution in [2.24, 2.45) is 5.73 Å². The van der Waals surface area contributed by atoms with Gasteiger partial charge >= 0.3 is 0 Å². The molecule has 0 fully saturated rings. The summed E-state index contributed by atoms with van der Waals surface area (Å²) < 4.78 is 19.2. The number of nitrogens with two attached hydrogens (primary N) is 1. The van der Waals surface area contributed by atoms with E-state index in [1.54, 1.807) is 12.1 Å². The van der Waals surface area contributed by atoms with Crippen molar-refractivity contribution < 1.29 is 9.13 Å². The van der Waals surface area contributed by atoms with Crippen LogP contribution in [0.4, 0.5) is 4.39 Å². The molecule has 0 heterocycles. The topological polar surface area (TPSA) is 35.2 Å². The van der Waals surface area contributed by atoms with Crippen molar-refractivity contribution in [2.75, 3.05) is 13.2 Å². The van der Waals surface area contributed by atoms with Crippen molar-refractivity contribution in [3.8, 4) is 5.75 Å². The van der Waals surface area contributed by atoms with Crippen LogP contribution in [-0.4, -0.2) is 13.2 Å². The Morgan fingerprint density at radius 1 is 1.14 bits per heavy atom. The maximum atomic E-state index is 13.3. The maximum absolute atomic E-state index is 13.3. The van der Waals surface area contributed by atoms with Crippen LogP contribution in [-0.2, 0) is 6.42 Å². The Kier molecular flexibility index (Phi) is 6.41. The third-order valence-corrected chi connectivity index (χ3v) is 3.91. The van der Waals surface area contributed by atoms with Gasteiger partial charge < -0.3 is 10.5 Å². The average molecular weight is 301 g/mol. The molecule has 0 amide bonds. The van der Waals surface area contributed by atoms with Gasteiger partial charge in [0.25, 0.3) is 0 Å². The van der Waals surface area contributed by atoms with Crippen molar-refractivity contribution in [3.63, 3.8) is 0 Å². The third kappa shape index (κ3) is 4.57. The quantitative estimate of drug-likeness (QED) is 0.738. The number of hydrogen-bond acceptors (Lipinski definition) is 2. The van der Waals surface area contributed by atoms with E-state index in [1.165, 1.54) is 11.6 Å². The van der Waals surface area contributed by atoms with Crippen LogP contribution in [0.1, 0.15) is 36.8 Å². The molecule has 2 nitrogen and oxygen atoms in total. The fourth-order valence-corrected chi connectivity index (χ4v) is 2.63. The summed E-state index contributed by atoms with van der Waals surface area (Å²) in [5.41, 5.74) is 8.02. The van der Waals surface area contributed by atoms with Gasteiger partial charge in [0.15, 0.2) is 0 Å². The van der Waals surface area contributed by atoms with Crippen LogP contribution in [0.15, 0.2) is 48.5 Å². The molecule has 2 aromatic carbocycles. The molecule has 3 heteroatoms. The second-order valence-electron chi connectivity index (χ2n) is 5.44. The molecule has 0 aliphatic rings. The van der Waals surface area contributed by atoms with E-state index < -0.39 is 0 Å². The highest BCUT2D eigenvalue weighted by atomic mass is 19.1. The lowest BCUT2D eigenvalue weighted by Crippen LogP contribution is -2.14. The highest BCUT2D eigenvalue weighted by Crippen LogP contribution is 2.22. The molecule has 0 saturated carbocycles. The summed E-state index contributed by atoms with van der Waals surface area (Å²) in [7, 11) is 0.